The highest BCUT2D eigenvalue weighted by atomic mass is 35.5. The van der Waals surface area contributed by atoms with Crippen LogP contribution in [0.15, 0.2) is 41.4 Å². The molecule has 0 fully saturated rings. The van der Waals surface area contributed by atoms with Crippen LogP contribution >= 0.6 is 23.2 Å². The van der Waals surface area contributed by atoms with Crippen molar-refractivity contribution in [2.75, 3.05) is 32.6 Å². The summed E-state index contributed by atoms with van der Waals surface area (Å²) in [7, 11) is 5.53. The lowest BCUT2D eigenvalue weighted by Gasteiger charge is -2.22. The standard InChI is InChI=1S/C18H21Cl2N3O/c1-5-22(2)12-21-17-10-16(20)18(11-15(17)19)23(3)13-6-8-14(24-4)9-7-13/h6-12H,5H2,1-4H3. The van der Waals surface area contributed by atoms with Crippen LogP contribution in [0.5, 0.6) is 5.75 Å². The van der Waals surface area contributed by atoms with Gasteiger partial charge in [0.25, 0.3) is 0 Å². The zero-order valence-electron chi connectivity index (χ0n) is 14.3. The molecule has 4 nitrogen and oxygen atoms in total. The van der Waals surface area contributed by atoms with Crippen LogP contribution in [0.4, 0.5) is 17.1 Å². The van der Waals surface area contributed by atoms with Gasteiger partial charge in [-0.25, -0.2) is 4.99 Å². The van der Waals surface area contributed by atoms with Gasteiger partial charge < -0.3 is 14.5 Å². The van der Waals surface area contributed by atoms with Crippen LogP contribution < -0.4 is 9.64 Å². The van der Waals surface area contributed by atoms with Crippen molar-refractivity contribution in [2.45, 2.75) is 6.92 Å². The molecular weight excluding hydrogens is 345 g/mol. The van der Waals surface area contributed by atoms with E-state index in [0.717, 1.165) is 23.7 Å². The summed E-state index contributed by atoms with van der Waals surface area (Å²) < 4.78 is 5.18. The first-order valence-electron chi connectivity index (χ1n) is 7.57. The van der Waals surface area contributed by atoms with Crippen molar-refractivity contribution in [1.29, 1.82) is 0 Å². The lowest BCUT2D eigenvalue weighted by molar-refractivity contribution is 0.415. The van der Waals surface area contributed by atoms with Crippen LogP contribution in [0.1, 0.15) is 6.92 Å². The van der Waals surface area contributed by atoms with Crippen LogP contribution in [0.25, 0.3) is 0 Å². The average molecular weight is 366 g/mol. The van der Waals surface area contributed by atoms with Gasteiger partial charge in [-0.15, -0.1) is 0 Å². The smallest absolute Gasteiger partial charge is 0.119 e. The van der Waals surface area contributed by atoms with Gasteiger partial charge in [0.1, 0.15) is 5.75 Å². The van der Waals surface area contributed by atoms with Crippen molar-refractivity contribution in [3.8, 4) is 5.75 Å². The molecule has 128 valence electrons. The van der Waals surface area contributed by atoms with Gasteiger partial charge in [0, 0.05) is 26.3 Å². The Labute approximate surface area is 153 Å². The second kappa shape index (κ2) is 8.27. The molecule has 0 saturated heterocycles. The molecule has 0 aliphatic carbocycles. The number of benzene rings is 2. The predicted octanol–water partition coefficient (Wildman–Crippen LogP) is 5.38. The highest BCUT2D eigenvalue weighted by Gasteiger charge is 2.12. The summed E-state index contributed by atoms with van der Waals surface area (Å²) in [6.45, 7) is 2.92. The maximum Gasteiger partial charge on any atom is 0.119 e. The second-order valence-electron chi connectivity index (χ2n) is 5.33. The molecule has 6 heteroatoms. The third-order valence-electron chi connectivity index (χ3n) is 3.73. The van der Waals surface area contributed by atoms with E-state index in [4.69, 9.17) is 27.9 Å². The van der Waals surface area contributed by atoms with E-state index in [9.17, 15) is 0 Å². The summed E-state index contributed by atoms with van der Waals surface area (Å²) in [4.78, 5) is 8.31. The molecule has 2 aromatic rings. The number of hydrogen-bond donors (Lipinski definition) is 0. The van der Waals surface area contributed by atoms with E-state index in [1.807, 2.05) is 61.2 Å². The number of aliphatic imine (C=N–C) groups is 1. The Hall–Kier alpha value is -1.91. The fourth-order valence-corrected chi connectivity index (χ4v) is 2.56. The maximum absolute atomic E-state index is 6.44. The summed E-state index contributed by atoms with van der Waals surface area (Å²) in [5.74, 6) is 0.806. The van der Waals surface area contributed by atoms with Gasteiger partial charge in [-0.2, -0.15) is 0 Å². The molecule has 0 spiro atoms. The SMILES string of the molecule is CCN(C)C=Nc1cc(Cl)c(N(C)c2ccc(OC)cc2)cc1Cl. The number of anilines is 2. The lowest BCUT2D eigenvalue weighted by atomic mass is 10.2. The molecular formula is C18H21Cl2N3O. The molecule has 0 N–H and O–H groups in total. The van der Waals surface area contributed by atoms with Crippen LogP contribution in [0.3, 0.4) is 0 Å². The quantitative estimate of drug-likeness (QED) is 0.507. The van der Waals surface area contributed by atoms with Gasteiger partial charge in [0.15, 0.2) is 0 Å². The van der Waals surface area contributed by atoms with E-state index in [1.54, 1.807) is 19.5 Å². The van der Waals surface area contributed by atoms with Crippen molar-refractivity contribution < 1.29 is 4.74 Å². The largest absolute Gasteiger partial charge is 0.497 e. The molecule has 24 heavy (non-hydrogen) atoms. The molecule has 0 amide bonds. The molecule has 0 unspecified atom stereocenters. The van der Waals surface area contributed by atoms with Gasteiger partial charge in [-0.05, 0) is 43.3 Å². The summed E-state index contributed by atoms with van der Waals surface area (Å²) in [5, 5.41) is 1.14. The molecule has 0 aromatic heterocycles. The Morgan fingerprint density at radius 2 is 1.75 bits per heavy atom. The first-order valence-corrected chi connectivity index (χ1v) is 8.33. The number of rotatable bonds is 6. The molecule has 0 radical (unpaired) electrons. The number of ether oxygens (including phenoxy) is 1. The number of nitrogens with zero attached hydrogens (tertiary/aromatic N) is 3. The summed E-state index contributed by atoms with van der Waals surface area (Å²) >= 11 is 12.8. The van der Waals surface area contributed by atoms with Gasteiger partial charge in [0.05, 0.1) is 34.9 Å². The molecule has 0 saturated carbocycles. The number of halogens is 2. The minimum atomic E-state index is 0.551. The van der Waals surface area contributed by atoms with Crippen molar-refractivity contribution >= 4 is 46.6 Å². The first kappa shape index (κ1) is 18.4. The third kappa shape index (κ3) is 4.34. The van der Waals surface area contributed by atoms with Crippen molar-refractivity contribution in [3.63, 3.8) is 0 Å². The molecule has 0 atom stereocenters. The topological polar surface area (TPSA) is 28.1 Å². The van der Waals surface area contributed by atoms with Crippen LogP contribution in [0, 0.1) is 0 Å². The Morgan fingerprint density at radius 3 is 2.33 bits per heavy atom. The Balaban J connectivity index is 2.30. The van der Waals surface area contributed by atoms with Gasteiger partial charge >= 0.3 is 0 Å². The third-order valence-corrected chi connectivity index (χ3v) is 4.34. The van der Waals surface area contributed by atoms with Gasteiger partial charge in [0.2, 0.25) is 0 Å². The van der Waals surface area contributed by atoms with E-state index < -0.39 is 0 Å². The van der Waals surface area contributed by atoms with E-state index in [-0.39, 0.29) is 0 Å². The van der Waals surface area contributed by atoms with Gasteiger partial charge in [-0.1, -0.05) is 23.2 Å². The fraction of sp³-hybridized carbons (Fsp3) is 0.278. The summed E-state index contributed by atoms with van der Waals surface area (Å²) in [5.41, 5.74) is 2.44. The van der Waals surface area contributed by atoms with E-state index >= 15 is 0 Å². The summed E-state index contributed by atoms with van der Waals surface area (Å²) in [6, 6.07) is 11.3. The molecule has 0 heterocycles. The first-order chi connectivity index (χ1) is 11.5. The second-order valence-corrected chi connectivity index (χ2v) is 6.14. The lowest BCUT2D eigenvalue weighted by Crippen LogP contribution is -2.14. The average Bonchev–Trinajstić information content (AvgIpc) is 2.61. The molecule has 2 rings (SSSR count). The Kier molecular flexibility index (Phi) is 6.35. The fourth-order valence-electron chi connectivity index (χ4n) is 2.07. The van der Waals surface area contributed by atoms with Crippen molar-refractivity contribution in [2.24, 2.45) is 4.99 Å². The monoisotopic (exact) mass is 365 g/mol. The van der Waals surface area contributed by atoms with E-state index in [1.165, 1.54) is 0 Å². The highest BCUT2D eigenvalue weighted by molar-refractivity contribution is 6.37. The predicted molar refractivity (Wildman–Crippen MR) is 104 cm³/mol. The molecule has 0 aliphatic heterocycles. The Bertz CT molecular complexity index is 717. The maximum atomic E-state index is 6.44. The normalized spacial score (nSPS) is 10.9. The number of hydrogen-bond acceptors (Lipinski definition) is 3. The van der Waals surface area contributed by atoms with E-state index in [0.29, 0.717) is 15.7 Å². The van der Waals surface area contributed by atoms with Crippen molar-refractivity contribution in [3.05, 3.63) is 46.4 Å². The van der Waals surface area contributed by atoms with Crippen LogP contribution in [-0.2, 0) is 0 Å². The molecule has 0 aliphatic rings. The minimum absolute atomic E-state index is 0.551. The van der Waals surface area contributed by atoms with Crippen LogP contribution in [-0.4, -0.2) is 39.0 Å². The number of methoxy groups -OCH3 is 1. The van der Waals surface area contributed by atoms with Gasteiger partial charge in [-0.3, -0.25) is 0 Å². The van der Waals surface area contributed by atoms with Crippen molar-refractivity contribution in [1.82, 2.24) is 4.90 Å². The Morgan fingerprint density at radius 1 is 1.08 bits per heavy atom. The zero-order valence-corrected chi connectivity index (χ0v) is 15.8. The molecule has 2 aromatic carbocycles. The van der Waals surface area contributed by atoms with Crippen LogP contribution in [0.2, 0.25) is 10.0 Å². The summed E-state index contributed by atoms with van der Waals surface area (Å²) in [6.07, 6.45) is 1.74. The molecule has 0 bridgehead atoms. The minimum Gasteiger partial charge on any atom is -0.497 e. The van der Waals surface area contributed by atoms with E-state index in [2.05, 4.69) is 4.99 Å². The highest BCUT2D eigenvalue weighted by Crippen LogP contribution is 2.38. The zero-order chi connectivity index (χ0) is 17.7.